The normalized spacial score (nSPS) is 19.2. The van der Waals surface area contributed by atoms with Crippen LogP contribution in [0, 0.1) is 0 Å². The zero-order valence-corrected chi connectivity index (χ0v) is 23.9. The van der Waals surface area contributed by atoms with Crippen molar-refractivity contribution in [3.05, 3.63) is 58.1 Å². The largest absolute Gasteiger partial charge is 0.337 e. The maximum Gasteiger partial charge on any atom is 0.319 e. The Bertz CT molecular complexity index is 1020. The number of hydroxylamine groups is 1. The lowest BCUT2D eigenvalue weighted by Gasteiger charge is -2.40. The number of urea groups is 1. The minimum absolute atomic E-state index is 0.119. The lowest BCUT2D eigenvalue weighted by atomic mass is 9.94. The maximum absolute atomic E-state index is 12.7. The third-order valence-electron chi connectivity index (χ3n) is 7.99. The molecule has 9 heteroatoms. The average molecular weight is 564 g/mol. The molecule has 38 heavy (non-hydrogen) atoms. The quantitative estimate of drug-likeness (QED) is 0.302. The molecule has 2 heterocycles. The van der Waals surface area contributed by atoms with E-state index < -0.39 is 0 Å². The number of benzene rings is 2. The van der Waals surface area contributed by atoms with Gasteiger partial charge in [-0.15, -0.1) is 0 Å². The van der Waals surface area contributed by atoms with Crippen LogP contribution in [0.25, 0.3) is 0 Å². The number of hydrogen-bond donors (Lipinski definition) is 4. The molecule has 2 atom stereocenters. The zero-order valence-electron chi connectivity index (χ0n) is 22.4. The number of quaternary nitrogens is 1. The first kappa shape index (κ1) is 29.1. The second-order valence-corrected chi connectivity index (χ2v) is 11.4. The van der Waals surface area contributed by atoms with Crippen LogP contribution in [0.15, 0.2) is 42.5 Å². The zero-order chi connectivity index (χ0) is 26.9. The smallest absolute Gasteiger partial charge is 0.319 e. The summed E-state index contributed by atoms with van der Waals surface area (Å²) in [4.78, 5) is 18.0. The summed E-state index contributed by atoms with van der Waals surface area (Å²) in [6.45, 7) is 8.74. The summed E-state index contributed by atoms with van der Waals surface area (Å²) in [6.07, 6.45) is 7.48. The molecule has 2 unspecified atom stereocenters. The molecular formula is C29H42Cl2N5O2+. The first-order valence-electron chi connectivity index (χ1n) is 14.0. The van der Waals surface area contributed by atoms with Crippen molar-refractivity contribution in [1.82, 2.24) is 15.1 Å². The van der Waals surface area contributed by atoms with E-state index in [1.165, 1.54) is 45.2 Å². The lowest BCUT2D eigenvalue weighted by Crippen LogP contribution is -3.04. The number of likely N-dealkylation sites (tertiary alicyclic amines) is 2. The first-order chi connectivity index (χ1) is 18.4. The fraction of sp³-hybridized carbons (Fsp3) is 0.552. The predicted octanol–water partition coefficient (Wildman–Crippen LogP) is 5.16. The van der Waals surface area contributed by atoms with Gasteiger partial charge in [0.1, 0.15) is 6.54 Å². The van der Waals surface area contributed by atoms with Crippen LogP contribution in [-0.4, -0.2) is 72.9 Å². The van der Waals surface area contributed by atoms with E-state index in [0.717, 1.165) is 43.3 Å². The molecule has 2 aromatic carbocycles. The van der Waals surface area contributed by atoms with Crippen LogP contribution in [-0.2, 0) is 0 Å². The third kappa shape index (κ3) is 8.31. The van der Waals surface area contributed by atoms with E-state index >= 15 is 0 Å². The van der Waals surface area contributed by atoms with Gasteiger partial charge in [-0.3, -0.25) is 0 Å². The van der Waals surface area contributed by atoms with Crippen molar-refractivity contribution in [3.63, 3.8) is 0 Å². The van der Waals surface area contributed by atoms with Gasteiger partial charge in [0, 0.05) is 36.3 Å². The number of nitrogens with zero attached hydrogens (tertiary/aromatic N) is 2. The highest BCUT2D eigenvalue weighted by molar-refractivity contribution is 6.42. The number of halogens is 2. The number of carbonyl (C=O) groups excluding carboxylic acids is 1. The van der Waals surface area contributed by atoms with E-state index in [2.05, 4.69) is 20.4 Å². The number of hydrogen-bond acceptors (Lipinski definition) is 4. The molecular weight excluding hydrogens is 521 g/mol. The minimum atomic E-state index is -0.256. The summed E-state index contributed by atoms with van der Waals surface area (Å²) < 4.78 is 0. The van der Waals surface area contributed by atoms with E-state index in [1.807, 2.05) is 25.1 Å². The lowest BCUT2D eigenvalue weighted by molar-refractivity contribution is -1.03. The van der Waals surface area contributed by atoms with Crippen LogP contribution >= 0.6 is 23.2 Å². The highest BCUT2D eigenvalue weighted by atomic mass is 35.5. The molecule has 0 aromatic heterocycles. The van der Waals surface area contributed by atoms with Gasteiger partial charge in [-0.2, -0.15) is 5.06 Å². The van der Waals surface area contributed by atoms with Gasteiger partial charge in [-0.1, -0.05) is 35.7 Å². The average Bonchev–Trinajstić information content (AvgIpc) is 2.95. The molecule has 0 radical (unpaired) electrons. The fourth-order valence-corrected chi connectivity index (χ4v) is 5.93. The summed E-state index contributed by atoms with van der Waals surface area (Å²) in [5.74, 6) is 0.119. The number of rotatable bonds is 10. The van der Waals surface area contributed by atoms with Gasteiger partial charge in [-0.05, 0) is 102 Å². The molecule has 0 aliphatic carbocycles. The monoisotopic (exact) mass is 562 g/mol. The van der Waals surface area contributed by atoms with Gasteiger partial charge in [-0.25, -0.2) is 10.0 Å². The Balaban J connectivity index is 1.30. The van der Waals surface area contributed by atoms with E-state index in [-0.39, 0.29) is 11.9 Å². The van der Waals surface area contributed by atoms with Crippen LogP contribution in [0.5, 0.6) is 0 Å². The van der Waals surface area contributed by atoms with Crippen molar-refractivity contribution in [2.75, 3.05) is 51.1 Å². The molecule has 2 aliphatic heterocycles. The fourth-order valence-electron chi connectivity index (χ4n) is 5.62. The Labute approximate surface area is 237 Å². The van der Waals surface area contributed by atoms with Gasteiger partial charge in [0.2, 0.25) is 0 Å². The second kappa shape index (κ2) is 14.5. The molecule has 0 saturated carbocycles. The van der Waals surface area contributed by atoms with Crippen LogP contribution in [0.1, 0.15) is 56.9 Å². The van der Waals surface area contributed by atoms with E-state index in [1.54, 1.807) is 24.3 Å². The van der Waals surface area contributed by atoms with Crippen LogP contribution in [0.2, 0.25) is 10.0 Å². The van der Waals surface area contributed by atoms with Gasteiger partial charge >= 0.3 is 6.03 Å². The van der Waals surface area contributed by atoms with Crippen molar-refractivity contribution >= 4 is 40.6 Å². The van der Waals surface area contributed by atoms with Crippen molar-refractivity contribution < 1.29 is 15.1 Å². The molecule has 7 nitrogen and oxygen atoms in total. The molecule has 2 saturated heterocycles. The van der Waals surface area contributed by atoms with Crippen LogP contribution in [0.3, 0.4) is 0 Å². The Morgan fingerprint density at radius 3 is 2.39 bits per heavy atom. The van der Waals surface area contributed by atoms with E-state index in [9.17, 15) is 10.0 Å². The van der Waals surface area contributed by atoms with E-state index in [4.69, 9.17) is 23.2 Å². The minimum Gasteiger partial charge on any atom is -0.337 e. The van der Waals surface area contributed by atoms with Crippen molar-refractivity contribution in [3.8, 4) is 0 Å². The summed E-state index contributed by atoms with van der Waals surface area (Å²) >= 11 is 12.5. The SMILES string of the molecule is CC[NH+](O)c1ccc(NC(=O)NCC(CCN2CCC(N3CCCCC3)CC2)c2ccc(Cl)c(Cl)c2)cc1. The molecule has 2 aliphatic rings. The summed E-state index contributed by atoms with van der Waals surface area (Å²) in [7, 11) is 0. The topological polar surface area (TPSA) is 72.3 Å². The Morgan fingerprint density at radius 2 is 1.74 bits per heavy atom. The van der Waals surface area contributed by atoms with Crippen molar-refractivity contribution in [2.24, 2.45) is 0 Å². The molecule has 4 rings (SSSR count). The molecule has 2 fully saturated rings. The van der Waals surface area contributed by atoms with Crippen LogP contribution in [0.4, 0.5) is 16.2 Å². The van der Waals surface area contributed by atoms with Gasteiger partial charge in [0.25, 0.3) is 0 Å². The highest BCUT2D eigenvalue weighted by Crippen LogP contribution is 2.29. The molecule has 2 amide bonds. The number of carbonyl (C=O) groups is 1. The molecule has 208 valence electrons. The molecule has 2 aromatic rings. The molecule has 0 spiro atoms. The Hall–Kier alpha value is -1.87. The third-order valence-corrected chi connectivity index (χ3v) is 8.73. The first-order valence-corrected chi connectivity index (χ1v) is 14.8. The summed E-state index contributed by atoms with van der Waals surface area (Å²) in [5, 5.41) is 17.2. The number of anilines is 1. The molecule has 4 N–H and O–H groups in total. The van der Waals surface area contributed by atoms with Gasteiger partial charge in [0.05, 0.1) is 10.0 Å². The second-order valence-electron chi connectivity index (χ2n) is 10.5. The van der Waals surface area contributed by atoms with Crippen molar-refractivity contribution in [1.29, 1.82) is 0 Å². The number of nitrogens with one attached hydrogen (secondary N) is 3. The summed E-state index contributed by atoms with van der Waals surface area (Å²) in [6, 6.07) is 13.5. The predicted molar refractivity (Wildman–Crippen MR) is 155 cm³/mol. The number of piperidine rings is 2. The maximum atomic E-state index is 12.7. The Kier molecular flexibility index (Phi) is 11.1. The summed E-state index contributed by atoms with van der Waals surface area (Å²) in [5.41, 5.74) is 2.52. The van der Waals surface area contributed by atoms with Gasteiger partial charge in [0.15, 0.2) is 5.69 Å². The number of amides is 2. The molecule has 0 bridgehead atoms. The van der Waals surface area contributed by atoms with Crippen molar-refractivity contribution in [2.45, 2.75) is 57.4 Å². The van der Waals surface area contributed by atoms with Gasteiger partial charge < -0.3 is 20.4 Å². The standard InChI is InChI=1S/C29H41Cl2N5O2/c1-2-36(38)26-9-7-24(8-10-26)33-29(37)32-21-23(22-6-11-27(30)28(31)20-22)12-17-34-18-13-25(14-19-34)35-15-4-3-5-16-35/h6-11,20,23,25,38H,2-5,12-19,21H2,1H3,(H2,32,33,37)/p+1. The Morgan fingerprint density at radius 1 is 1.03 bits per heavy atom. The van der Waals surface area contributed by atoms with E-state index in [0.29, 0.717) is 33.9 Å². The highest BCUT2D eigenvalue weighted by Gasteiger charge is 2.26. The van der Waals surface area contributed by atoms with Crippen LogP contribution < -0.4 is 15.7 Å².